The molecule has 140 valence electrons. The molecule has 0 saturated carbocycles. The van der Waals surface area contributed by atoms with E-state index >= 15 is 0 Å². The van der Waals surface area contributed by atoms with E-state index in [1.807, 2.05) is 12.1 Å². The van der Waals surface area contributed by atoms with Gasteiger partial charge in [0.2, 0.25) is 5.91 Å². The number of aromatic nitrogens is 1. The second kappa shape index (κ2) is 7.64. The van der Waals surface area contributed by atoms with Gasteiger partial charge in [-0.25, -0.2) is 9.37 Å². The third-order valence-electron chi connectivity index (χ3n) is 5.06. The summed E-state index contributed by atoms with van der Waals surface area (Å²) < 4.78 is 14.2. The van der Waals surface area contributed by atoms with E-state index in [0.29, 0.717) is 6.54 Å². The maximum absolute atomic E-state index is 13.4. The fourth-order valence-corrected chi connectivity index (χ4v) is 4.44. The van der Waals surface area contributed by atoms with Gasteiger partial charge >= 0.3 is 0 Å². The number of amides is 1. The standard InChI is InChI=1S/C21H22FN3OS/c1-14-2-4-15(5-3-14)13-23-20(26)16-8-10-25(11-9-16)21-24-18-7-6-17(22)12-19(18)27-21/h2-7,12,16H,8-11,13H2,1H3,(H,23,26). The number of nitrogens with one attached hydrogen (secondary N) is 1. The SMILES string of the molecule is Cc1ccc(CNC(=O)C2CCN(c3nc4ccc(F)cc4s3)CC2)cc1. The van der Waals surface area contributed by atoms with Crippen LogP contribution in [-0.2, 0) is 11.3 Å². The Balaban J connectivity index is 1.32. The molecule has 0 unspecified atom stereocenters. The Labute approximate surface area is 162 Å². The molecule has 0 radical (unpaired) electrons. The molecule has 1 amide bonds. The third kappa shape index (κ3) is 4.11. The van der Waals surface area contributed by atoms with Gasteiger partial charge in [-0.2, -0.15) is 0 Å². The molecular formula is C21H22FN3OS. The fourth-order valence-electron chi connectivity index (χ4n) is 3.39. The minimum Gasteiger partial charge on any atom is -0.352 e. The van der Waals surface area contributed by atoms with Crippen molar-refractivity contribution in [2.45, 2.75) is 26.3 Å². The summed E-state index contributed by atoms with van der Waals surface area (Å²) in [5, 5.41) is 3.97. The van der Waals surface area contributed by atoms with Crippen LogP contribution in [0.1, 0.15) is 24.0 Å². The van der Waals surface area contributed by atoms with Crippen molar-refractivity contribution in [1.82, 2.24) is 10.3 Å². The number of hydrogen-bond acceptors (Lipinski definition) is 4. The maximum atomic E-state index is 13.4. The Morgan fingerprint density at radius 3 is 2.70 bits per heavy atom. The molecule has 2 aromatic carbocycles. The van der Waals surface area contributed by atoms with Crippen LogP contribution in [0, 0.1) is 18.7 Å². The maximum Gasteiger partial charge on any atom is 0.223 e. The van der Waals surface area contributed by atoms with Crippen molar-refractivity contribution in [3.8, 4) is 0 Å². The van der Waals surface area contributed by atoms with Crippen LogP contribution in [-0.4, -0.2) is 24.0 Å². The van der Waals surface area contributed by atoms with E-state index in [2.05, 4.69) is 34.3 Å². The zero-order valence-electron chi connectivity index (χ0n) is 15.2. The van der Waals surface area contributed by atoms with Gasteiger partial charge in [0, 0.05) is 25.6 Å². The first kappa shape index (κ1) is 17.9. The predicted octanol–water partition coefficient (Wildman–Crippen LogP) is 4.28. The monoisotopic (exact) mass is 383 g/mol. The molecule has 0 spiro atoms. The molecular weight excluding hydrogens is 361 g/mol. The van der Waals surface area contributed by atoms with E-state index < -0.39 is 0 Å². The van der Waals surface area contributed by atoms with Gasteiger partial charge in [0.15, 0.2) is 5.13 Å². The topological polar surface area (TPSA) is 45.2 Å². The highest BCUT2D eigenvalue weighted by molar-refractivity contribution is 7.22. The number of carbonyl (C=O) groups is 1. The number of aryl methyl sites for hydroxylation is 1. The fraction of sp³-hybridized carbons (Fsp3) is 0.333. The van der Waals surface area contributed by atoms with E-state index in [1.165, 1.54) is 29.0 Å². The molecule has 1 aromatic heterocycles. The Kier molecular flexibility index (Phi) is 5.07. The summed E-state index contributed by atoms with van der Waals surface area (Å²) in [5.74, 6) is -0.0678. The molecule has 1 aliphatic heterocycles. The van der Waals surface area contributed by atoms with Crippen molar-refractivity contribution in [2.24, 2.45) is 5.92 Å². The number of hydrogen-bond donors (Lipinski definition) is 1. The average molecular weight is 383 g/mol. The molecule has 27 heavy (non-hydrogen) atoms. The van der Waals surface area contributed by atoms with Crippen molar-refractivity contribution >= 4 is 32.6 Å². The van der Waals surface area contributed by atoms with Crippen molar-refractivity contribution < 1.29 is 9.18 Å². The van der Waals surface area contributed by atoms with Gasteiger partial charge in [0.1, 0.15) is 5.82 Å². The number of carbonyl (C=O) groups excluding carboxylic acids is 1. The third-order valence-corrected chi connectivity index (χ3v) is 6.14. The Morgan fingerprint density at radius 1 is 1.22 bits per heavy atom. The van der Waals surface area contributed by atoms with Crippen LogP contribution in [0.4, 0.5) is 9.52 Å². The first-order valence-corrected chi connectivity index (χ1v) is 10.0. The number of benzene rings is 2. The first-order chi connectivity index (χ1) is 13.1. The van der Waals surface area contributed by atoms with Crippen molar-refractivity contribution in [1.29, 1.82) is 0 Å². The second-order valence-corrected chi connectivity index (χ2v) is 8.08. The number of thiazole rings is 1. The zero-order valence-corrected chi connectivity index (χ0v) is 16.1. The lowest BCUT2D eigenvalue weighted by atomic mass is 9.96. The van der Waals surface area contributed by atoms with Gasteiger partial charge < -0.3 is 10.2 Å². The van der Waals surface area contributed by atoms with E-state index in [9.17, 15) is 9.18 Å². The quantitative estimate of drug-likeness (QED) is 0.732. The molecule has 0 atom stereocenters. The number of rotatable bonds is 4. The summed E-state index contributed by atoms with van der Waals surface area (Å²) in [7, 11) is 0. The highest BCUT2D eigenvalue weighted by Crippen LogP contribution is 2.31. The second-order valence-electron chi connectivity index (χ2n) is 7.07. The zero-order chi connectivity index (χ0) is 18.8. The molecule has 1 N–H and O–H groups in total. The molecule has 1 saturated heterocycles. The summed E-state index contributed by atoms with van der Waals surface area (Å²) >= 11 is 1.51. The van der Waals surface area contributed by atoms with Gasteiger partial charge in [0.25, 0.3) is 0 Å². The van der Waals surface area contributed by atoms with E-state index in [1.54, 1.807) is 6.07 Å². The smallest absolute Gasteiger partial charge is 0.223 e. The largest absolute Gasteiger partial charge is 0.352 e. The first-order valence-electron chi connectivity index (χ1n) is 9.23. The van der Waals surface area contributed by atoms with Crippen molar-refractivity contribution in [3.63, 3.8) is 0 Å². The van der Waals surface area contributed by atoms with Crippen LogP contribution in [0.25, 0.3) is 10.2 Å². The van der Waals surface area contributed by atoms with Crippen LogP contribution in [0.2, 0.25) is 0 Å². The molecule has 1 aliphatic rings. The van der Waals surface area contributed by atoms with Gasteiger partial charge in [-0.05, 0) is 43.5 Å². The van der Waals surface area contributed by atoms with Crippen molar-refractivity contribution in [2.75, 3.05) is 18.0 Å². The molecule has 6 heteroatoms. The average Bonchev–Trinajstić information content (AvgIpc) is 3.10. The highest BCUT2D eigenvalue weighted by atomic mass is 32.1. The molecule has 4 rings (SSSR count). The molecule has 0 bridgehead atoms. The number of piperidine rings is 1. The summed E-state index contributed by atoms with van der Waals surface area (Å²) in [6.45, 7) is 4.22. The normalized spacial score (nSPS) is 15.3. The van der Waals surface area contributed by atoms with E-state index in [4.69, 9.17) is 0 Å². The van der Waals surface area contributed by atoms with Crippen LogP contribution in [0.3, 0.4) is 0 Å². The molecule has 1 fully saturated rings. The Hall–Kier alpha value is -2.47. The molecule has 3 aromatic rings. The molecule has 4 nitrogen and oxygen atoms in total. The van der Waals surface area contributed by atoms with Crippen molar-refractivity contribution in [3.05, 3.63) is 59.4 Å². The van der Waals surface area contributed by atoms with Gasteiger partial charge in [-0.3, -0.25) is 4.79 Å². The van der Waals surface area contributed by atoms with Gasteiger partial charge in [0.05, 0.1) is 10.2 Å². The highest BCUT2D eigenvalue weighted by Gasteiger charge is 2.26. The summed E-state index contributed by atoms with van der Waals surface area (Å²) in [6, 6.07) is 12.9. The van der Waals surface area contributed by atoms with Crippen LogP contribution < -0.4 is 10.2 Å². The number of anilines is 1. The molecule has 0 aliphatic carbocycles. The lowest BCUT2D eigenvalue weighted by Crippen LogP contribution is -2.40. The summed E-state index contributed by atoms with van der Waals surface area (Å²) in [6.07, 6.45) is 1.62. The van der Waals surface area contributed by atoms with E-state index in [0.717, 1.165) is 46.8 Å². The summed E-state index contributed by atoms with van der Waals surface area (Å²) in [4.78, 5) is 19.3. The van der Waals surface area contributed by atoms with E-state index in [-0.39, 0.29) is 17.6 Å². The predicted molar refractivity (Wildman–Crippen MR) is 108 cm³/mol. The van der Waals surface area contributed by atoms with Crippen LogP contribution >= 0.6 is 11.3 Å². The lowest BCUT2D eigenvalue weighted by Gasteiger charge is -2.31. The number of nitrogens with zero attached hydrogens (tertiary/aromatic N) is 2. The van der Waals surface area contributed by atoms with Gasteiger partial charge in [-0.1, -0.05) is 41.2 Å². The van der Waals surface area contributed by atoms with Crippen LogP contribution in [0.5, 0.6) is 0 Å². The number of fused-ring (bicyclic) bond motifs is 1. The molecule has 2 heterocycles. The minimum absolute atomic E-state index is 0.0403. The summed E-state index contributed by atoms with van der Waals surface area (Å²) in [5.41, 5.74) is 3.16. The minimum atomic E-state index is -0.235. The lowest BCUT2D eigenvalue weighted by molar-refractivity contribution is -0.125. The Bertz CT molecular complexity index is 946. The van der Waals surface area contributed by atoms with Crippen LogP contribution in [0.15, 0.2) is 42.5 Å². The van der Waals surface area contributed by atoms with Gasteiger partial charge in [-0.15, -0.1) is 0 Å². The Morgan fingerprint density at radius 2 is 1.96 bits per heavy atom. The number of halogens is 1.